The summed E-state index contributed by atoms with van der Waals surface area (Å²) in [5.74, 6) is -1.02. The molecule has 0 spiro atoms. The third-order valence-corrected chi connectivity index (χ3v) is 3.06. The van der Waals surface area contributed by atoms with Gasteiger partial charge in [0.15, 0.2) is 17.0 Å². The number of fused-ring (bicyclic) bond motifs is 1. The molecule has 5 heteroatoms. The molecule has 0 saturated heterocycles. The zero-order chi connectivity index (χ0) is 14.1. The summed E-state index contributed by atoms with van der Waals surface area (Å²) < 4.78 is 9.93. The molecule has 0 amide bonds. The summed E-state index contributed by atoms with van der Waals surface area (Å²) in [5.41, 5.74) is 1.81. The average Bonchev–Trinajstić information content (AvgIpc) is 2.92. The number of carbonyl (C=O) groups is 1. The van der Waals surface area contributed by atoms with Gasteiger partial charge in [-0.1, -0.05) is 30.3 Å². The Kier molecular flexibility index (Phi) is 2.87. The van der Waals surface area contributed by atoms with Crippen LogP contribution in [0.2, 0.25) is 0 Å². The number of ether oxygens (including phenoxy) is 1. The number of esters is 1. The molecule has 0 atom stereocenters. The molecule has 0 aliphatic carbocycles. The van der Waals surface area contributed by atoms with Crippen LogP contribution < -0.4 is 0 Å². The Labute approximate surface area is 114 Å². The van der Waals surface area contributed by atoms with Gasteiger partial charge in [-0.25, -0.2) is 9.78 Å². The Morgan fingerprint density at radius 2 is 2.05 bits per heavy atom. The van der Waals surface area contributed by atoms with Crippen molar-refractivity contribution < 1.29 is 19.1 Å². The van der Waals surface area contributed by atoms with Crippen molar-refractivity contribution in [1.29, 1.82) is 0 Å². The topological polar surface area (TPSA) is 72.6 Å². The van der Waals surface area contributed by atoms with Crippen LogP contribution in [0.25, 0.3) is 22.1 Å². The van der Waals surface area contributed by atoms with E-state index in [1.54, 1.807) is 0 Å². The van der Waals surface area contributed by atoms with Crippen LogP contribution in [0, 0.1) is 0 Å². The van der Waals surface area contributed by atoms with Crippen LogP contribution in [-0.4, -0.2) is 23.2 Å². The normalized spacial score (nSPS) is 10.7. The molecule has 2 aromatic heterocycles. The Bertz CT molecular complexity index is 777. The molecule has 0 unspecified atom stereocenters. The Morgan fingerprint density at radius 3 is 2.75 bits per heavy atom. The lowest BCUT2D eigenvalue weighted by atomic mass is 10.1. The lowest BCUT2D eigenvalue weighted by Gasteiger charge is -2.02. The Morgan fingerprint density at radius 1 is 1.30 bits per heavy atom. The molecule has 0 bridgehead atoms. The van der Waals surface area contributed by atoms with Gasteiger partial charge in [-0.2, -0.15) is 0 Å². The first-order valence-electron chi connectivity index (χ1n) is 5.95. The predicted octanol–water partition coefficient (Wildman–Crippen LogP) is 2.99. The predicted molar refractivity (Wildman–Crippen MR) is 72.4 cm³/mol. The lowest BCUT2D eigenvalue weighted by Crippen LogP contribution is -2.04. The highest BCUT2D eigenvalue weighted by Gasteiger charge is 2.20. The summed E-state index contributed by atoms with van der Waals surface area (Å²) in [4.78, 5) is 15.4. The minimum Gasteiger partial charge on any atom is -0.503 e. The first-order valence-corrected chi connectivity index (χ1v) is 5.95. The molecular formula is C15H11NO4. The molecule has 1 aromatic carbocycles. The smallest absolute Gasteiger partial charge is 0.360 e. The van der Waals surface area contributed by atoms with E-state index in [2.05, 4.69) is 9.72 Å². The Hall–Kier alpha value is -2.82. The van der Waals surface area contributed by atoms with E-state index < -0.39 is 5.97 Å². The fraction of sp³-hybridized carbons (Fsp3) is 0.0667. The van der Waals surface area contributed by atoms with Crippen molar-refractivity contribution in [2.45, 2.75) is 0 Å². The number of pyridine rings is 1. The van der Waals surface area contributed by atoms with Gasteiger partial charge >= 0.3 is 5.97 Å². The maximum atomic E-state index is 11.5. The zero-order valence-corrected chi connectivity index (χ0v) is 10.7. The number of aromatic nitrogens is 1. The summed E-state index contributed by atoms with van der Waals surface area (Å²) in [7, 11) is 1.23. The molecule has 3 aromatic rings. The second-order valence-electron chi connectivity index (χ2n) is 4.21. The van der Waals surface area contributed by atoms with Crippen molar-refractivity contribution in [3.8, 4) is 16.9 Å². The zero-order valence-electron chi connectivity index (χ0n) is 10.7. The van der Waals surface area contributed by atoms with E-state index in [1.165, 1.54) is 19.6 Å². The van der Waals surface area contributed by atoms with Gasteiger partial charge in [0.2, 0.25) is 0 Å². The number of hydrogen-bond donors (Lipinski definition) is 1. The number of carbonyl (C=O) groups excluding carboxylic acids is 1. The van der Waals surface area contributed by atoms with E-state index in [9.17, 15) is 9.90 Å². The van der Waals surface area contributed by atoms with Crippen LogP contribution in [0.5, 0.6) is 5.75 Å². The summed E-state index contributed by atoms with van der Waals surface area (Å²) >= 11 is 0. The number of benzene rings is 1. The van der Waals surface area contributed by atoms with Crippen LogP contribution in [0.4, 0.5) is 0 Å². The van der Waals surface area contributed by atoms with E-state index in [-0.39, 0.29) is 17.0 Å². The minimum atomic E-state index is -0.706. The summed E-state index contributed by atoms with van der Waals surface area (Å²) in [6, 6.07) is 9.58. The average molecular weight is 269 g/mol. The third-order valence-electron chi connectivity index (χ3n) is 3.06. The molecule has 5 nitrogen and oxygen atoms in total. The van der Waals surface area contributed by atoms with Crippen LogP contribution in [0.15, 0.2) is 47.2 Å². The summed E-state index contributed by atoms with van der Waals surface area (Å²) in [5, 5.41) is 10.7. The number of methoxy groups -OCH3 is 1. The number of nitrogens with zero attached hydrogens (tertiary/aromatic N) is 1. The third kappa shape index (κ3) is 1.80. The van der Waals surface area contributed by atoms with Gasteiger partial charge in [0, 0.05) is 11.8 Å². The molecule has 0 saturated carbocycles. The molecule has 1 N–H and O–H groups in total. The summed E-state index contributed by atoms with van der Waals surface area (Å²) in [6.45, 7) is 0. The van der Waals surface area contributed by atoms with E-state index in [0.717, 1.165) is 11.1 Å². The monoisotopic (exact) mass is 269 g/mol. The van der Waals surface area contributed by atoms with Gasteiger partial charge in [0.25, 0.3) is 0 Å². The molecule has 2 heterocycles. The number of aromatic hydroxyl groups is 1. The van der Waals surface area contributed by atoms with E-state index >= 15 is 0 Å². The van der Waals surface area contributed by atoms with Gasteiger partial charge < -0.3 is 14.3 Å². The van der Waals surface area contributed by atoms with Gasteiger partial charge in [-0.05, 0) is 5.56 Å². The Balaban J connectivity index is 2.21. The fourth-order valence-corrected chi connectivity index (χ4v) is 2.06. The standard InChI is InChI=1S/C15H11NO4/c1-19-15(18)12-13(17)14-10(7-16-12)11(8-20-14)9-5-3-2-4-6-9/h2-8,17H,1H3. The van der Waals surface area contributed by atoms with Crippen molar-refractivity contribution in [3.05, 3.63) is 48.5 Å². The number of furan rings is 1. The van der Waals surface area contributed by atoms with Gasteiger partial charge in [-0.15, -0.1) is 0 Å². The first kappa shape index (κ1) is 12.2. The van der Waals surface area contributed by atoms with Gasteiger partial charge in [-0.3, -0.25) is 0 Å². The van der Waals surface area contributed by atoms with E-state index in [1.807, 2.05) is 30.3 Å². The van der Waals surface area contributed by atoms with E-state index in [0.29, 0.717) is 5.39 Å². The van der Waals surface area contributed by atoms with Gasteiger partial charge in [0.05, 0.1) is 18.8 Å². The molecular weight excluding hydrogens is 258 g/mol. The molecule has 0 aliphatic heterocycles. The van der Waals surface area contributed by atoms with Crippen molar-refractivity contribution >= 4 is 16.9 Å². The quantitative estimate of drug-likeness (QED) is 0.724. The number of rotatable bonds is 2. The maximum Gasteiger partial charge on any atom is 0.360 e. The highest BCUT2D eigenvalue weighted by molar-refractivity contribution is 6.01. The van der Waals surface area contributed by atoms with Crippen LogP contribution in [0.1, 0.15) is 10.5 Å². The lowest BCUT2D eigenvalue weighted by molar-refractivity contribution is 0.0590. The summed E-state index contributed by atoms with van der Waals surface area (Å²) in [6.07, 6.45) is 3.02. The molecule has 0 fully saturated rings. The minimum absolute atomic E-state index is 0.158. The van der Waals surface area contributed by atoms with E-state index in [4.69, 9.17) is 4.42 Å². The second-order valence-corrected chi connectivity index (χ2v) is 4.21. The molecule has 0 aliphatic rings. The first-order chi connectivity index (χ1) is 9.72. The second kappa shape index (κ2) is 4.70. The largest absolute Gasteiger partial charge is 0.503 e. The maximum absolute atomic E-state index is 11.5. The highest BCUT2D eigenvalue weighted by Crippen LogP contribution is 2.35. The van der Waals surface area contributed by atoms with Crippen LogP contribution in [-0.2, 0) is 4.74 Å². The molecule has 20 heavy (non-hydrogen) atoms. The van der Waals surface area contributed by atoms with Gasteiger partial charge in [0.1, 0.15) is 0 Å². The van der Waals surface area contributed by atoms with Crippen LogP contribution >= 0.6 is 0 Å². The molecule has 3 rings (SSSR count). The SMILES string of the molecule is COC(=O)c1ncc2c(-c3ccccc3)coc2c1O. The molecule has 0 radical (unpaired) electrons. The molecule has 100 valence electrons. The highest BCUT2D eigenvalue weighted by atomic mass is 16.5. The number of hydrogen-bond acceptors (Lipinski definition) is 5. The van der Waals surface area contributed by atoms with Crippen molar-refractivity contribution in [2.75, 3.05) is 7.11 Å². The van der Waals surface area contributed by atoms with Crippen LogP contribution in [0.3, 0.4) is 0 Å². The fourth-order valence-electron chi connectivity index (χ4n) is 2.06. The van der Waals surface area contributed by atoms with Crippen molar-refractivity contribution in [1.82, 2.24) is 4.98 Å². The van der Waals surface area contributed by atoms with Crippen molar-refractivity contribution in [2.24, 2.45) is 0 Å². The van der Waals surface area contributed by atoms with Crippen molar-refractivity contribution in [3.63, 3.8) is 0 Å².